The predicted octanol–water partition coefficient (Wildman–Crippen LogP) is 1.51. The third-order valence-electron chi connectivity index (χ3n) is 4.08. The minimum absolute atomic E-state index is 0.240. The number of carbonyl (C=O) groups is 1. The summed E-state index contributed by atoms with van der Waals surface area (Å²) in [5.41, 5.74) is 7.80. The van der Waals surface area contributed by atoms with Gasteiger partial charge in [0.1, 0.15) is 5.69 Å². The molecule has 1 saturated carbocycles. The van der Waals surface area contributed by atoms with E-state index < -0.39 is 0 Å². The van der Waals surface area contributed by atoms with Crippen LogP contribution < -0.4 is 5.73 Å². The van der Waals surface area contributed by atoms with Gasteiger partial charge in [0, 0.05) is 13.2 Å². The number of nitrogens with two attached hydrogens (primary N) is 1. The molecular formula is C13H20N2O2. The maximum absolute atomic E-state index is 11.5. The second-order valence-corrected chi connectivity index (χ2v) is 5.40. The summed E-state index contributed by atoms with van der Waals surface area (Å²) in [6, 6.07) is 1.92. The van der Waals surface area contributed by atoms with Crippen molar-refractivity contribution in [2.24, 2.45) is 24.1 Å². The molecule has 0 radical (unpaired) electrons. The van der Waals surface area contributed by atoms with E-state index in [4.69, 9.17) is 10.5 Å². The Kier molecular flexibility index (Phi) is 2.78. The summed E-state index contributed by atoms with van der Waals surface area (Å²) in [7, 11) is 3.27. The molecule has 0 saturated heterocycles. The van der Waals surface area contributed by atoms with Crippen LogP contribution in [-0.4, -0.2) is 24.2 Å². The number of hydrogen-bond acceptors (Lipinski definition) is 3. The number of ether oxygens (including phenoxy) is 1. The van der Waals surface area contributed by atoms with Crippen molar-refractivity contribution in [1.29, 1.82) is 0 Å². The van der Waals surface area contributed by atoms with Crippen molar-refractivity contribution in [2.45, 2.75) is 19.8 Å². The fourth-order valence-electron chi connectivity index (χ4n) is 2.91. The van der Waals surface area contributed by atoms with E-state index in [1.165, 1.54) is 12.7 Å². The van der Waals surface area contributed by atoms with Crippen LogP contribution in [0.4, 0.5) is 0 Å². The SMILES string of the molecule is COC(=O)c1cc([C@@H]2[C@@H](CN)C2(C)C)cn1C. The van der Waals surface area contributed by atoms with Crippen LogP contribution in [-0.2, 0) is 11.8 Å². The Morgan fingerprint density at radius 1 is 1.59 bits per heavy atom. The lowest BCUT2D eigenvalue weighted by atomic mass is 10.1. The highest BCUT2D eigenvalue weighted by atomic mass is 16.5. The smallest absolute Gasteiger partial charge is 0.354 e. The van der Waals surface area contributed by atoms with E-state index in [1.54, 1.807) is 0 Å². The van der Waals surface area contributed by atoms with Gasteiger partial charge < -0.3 is 15.0 Å². The number of rotatable bonds is 3. The van der Waals surface area contributed by atoms with Gasteiger partial charge in [-0.05, 0) is 35.4 Å². The molecule has 94 valence electrons. The lowest BCUT2D eigenvalue weighted by Gasteiger charge is -1.99. The van der Waals surface area contributed by atoms with Crippen LogP contribution >= 0.6 is 0 Å². The molecule has 0 aliphatic heterocycles. The van der Waals surface area contributed by atoms with Crippen LogP contribution in [0, 0.1) is 11.3 Å². The summed E-state index contributed by atoms with van der Waals surface area (Å²) in [5.74, 6) is 0.675. The first kappa shape index (κ1) is 12.2. The molecule has 1 heterocycles. The molecule has 1 fully saturated rings. The minimum Gasteiger partial charge on any atom is -0.464 e. The zero-order valence-corrected chi connectivity index (χ0v) is 10.9. The standard InChI is InChI=1S/C13H20N2O2/c1-13(2)9(6-14)11(13)8-5-10(12(16)17-4)15(3)7-8/h5,7,9,11H,6,14H2,1-4H3/t9-,11-/m1/s1. The van der Waals surface area contributed by atoms with E-state index >= 15 is 0 Å². The van der Waals surface area contributed by atoms with Crippen molar-refractivity contribution in [1.82, 2.24) is 4.57 Å². The zero-order valence-electron chi connectivity index (χ0n) is 10.9. The molecule has 1 aliphatic rings. The Morgan fingerprint density at radius 2 is 2.24 bits per heavy atom. The average Bonchev–Trinajstić information content (AvgIpc) is 2.63. The van der Waals surface area contributed by atoms with Crippen LogP contribution in [0.15, 0.2) is 12.3 Å². The highest BCUT2D eigenvalue weighted by molar-refractivity contribution is 5.88. The molecule has 1 aromatic rings. The number of methoxy groups -OCH3 is 1. The maximum atomic E-state index is 11.5. The largest absolute Gasteiger partial charge is 0.464 e. The molecule has 17 heavy (non-hydrogen) atoms. The van der Waals surface area contributed by atoms with Gasteiger partial charge in [0.05, 0.1) is 7.11 Å². The Bertz CT molecular complexity index is 448. The molecule has 1 aliphatic carbocycles. The molecule has 0 unspecified atom stereocenters. The topological polar surface area (TPSA) is 57.2 Å². The first-order valence-electron chi connectivity index (χ1n) is 5.88. The van der Waals surface area contributed by atoms with Crippen LogP contribution in [0.25, 0.3) is 0 Å². The van der Waals surface area contributed by atoms with Crippen molar-refractivity contribution in [3.63, 3.8) is 0 Å². The van der Waals surface area contributed by atoms with Crippen molar-refractivity contribution in [2.75, 3.05) is 13.7 Å². The van der Waals surface area contributed by atoms with Crippen LogP contribution in [0.1, 0.15) is 35.8 Å². The summed E-state index contributed by atoms with van der Waals surface area (Å²) in [6.07, 6.45) is 2.01. The zero-order chi connectivity index (χ0) is 12.8. The molecule has 0 spiro atoms. The van der Waals surface area contributed by atoms with Crippen molar-refractivity contribution < 1.29 is 9.53 Å². The molecule has 4 heteroatoms. The first-order chi connectivity index (χ1) is 7.93. The van der Waals surface area contributed by atoms with E-state index in [2.05, 4.69) is 13.8 Å². The van der Waals surface area contributed by atoms with Crippen molar-refractivity contribution >= 4 is 5.97 Å². The Labute approximate surface area is 102 Å². The highest BCUT2D eigenvalue weighted by Gasteiger charge is 2.57. The second kappa shape index (κ2) is 3.88. The summed E-state index contributed by atoms with van der Waals surface area (Å²) in [6.45, 7) is 5.14. The normalized spacial score (nSPS) is 25.7. The van der Waals surface area contributed by atoms with Gasteiger partial charge in [-0.1, -0.05) is 13.8 Å². The van der Waals surface area contributed by atoms with Crippen LogP contribution in [0.5, 0.6) is 0 Å². The third kappa shape index (κ3) is 1.76. The fraction of sp³-hybridized carbons (Fsp3) is 0.615. The average molecular weight is 236 g/mol. The molecule has 0 aromatic carbocycles. The molecule has 4 nitrogen and oxygen atoms in total. The van der Waals surface area contributed by atoms with Gasteiger partial charge in [-0.25, -0.2) is 4.79 Å². The van der Waals surface area contributed by atoms with E-state index in [1.807, 2.05) is 23.9 Å². The van der Waals surface area contributed by atoms with Gasteiger partial charge in [0.25, 0.3) is 0 Å². The summed E-state index contributed by atoms with van der Waals surface area (Å²) in [4.78, 5) is 11.5. The second-order valence-electron chi connectivity index (χ2n) is 5.40. The number of nitrogens with zero attached hydrogens (tertiary/aromatic N) is 1. The molecule has 1 aromatic heterocycles. The monoisotopic (exact) mass is 236 g/mol. The van der Waals surface area contributed by atoms with Crippen molar-refractivity contribution in [3.05, 3.63) is 23.5 Å². The van der Waals surface area contributed by atoms with Crippen molar-refractivity contribution in [3.8, 4) is 0 Å². The Hall–Kier alpha value is -1.29. The van der Waals surface area contributed by atoms with E-state index in [9.17, 15) is 4.79 Å². The third-order valence-corrected chi connectivity index (χ3v) is 4.08. The van der Waals surface area contributed by atoms with Gasteiger partial charge in [-0.2, -0.15) is 0 Å². The molecule has 2 N–H and O–H groups in total. The number of carbonyl (C=O) groups excluding carboxylic acids is 1. The van der Waals surface area contributed by atoms with Gasteiger partial charge in [-0.3, -0.25) is 0 Å². The Balaban J connectivity index is 2.28. The van der Waals surface area contributed by atoms with E-state index in [0.29, 0.717) is 24.1 Å². The van der Waals surface area contributed by atoms with Gasteiger partial charge in [-0.15, -0.1) is 0 Å². The van der Waals surface area contributed by atoms with Gasteiger partial charge in [0.15, 0.2) is 0 Å². The maximum Gasteiger partial charge on any atom is 0.354 e. The fourth-order valence-corrected chi connectivity index (χ4v) is 2.91. The molecular weight excluding hydrogens is 216 g/mol. The van der Waals surface area contributed by atoms with E-state index in [-0.39, 0.29) is 11.4 Å². The number of aryl methyl sites for hydroxylation is 1. The van der Waals surface area contributed by atoms with Gasteiger partial charge in [0.2, 0.25) is 0 Å². The van der Waals surface area contributed by atoms with Gasteiger partial charge >= 0.3 is 5.97 Å². The molecule has 2 rings (SSSR count). The molecule has 0 amide bonds. The number of esters is 1. The summed E-state index contributed by atoms with van der Waals surface area (Å²) >= 11 is 0. The summed E-state index contributed by atoms with van der Waals surface area (Å²) in [5, 5.41) is 0. The Morgan fingerprint density at radius 3 is 2.71 bits per heavy atom. The number of hydrogen-bond donors (Lipinski definition) is 1. The molecule has 0 bridgehead atoms. The number of aromatic nitrogens is 1. The van der Waals surface area contributed by atoms with Crippen LogP contribution in [0.2, 0.25) is 0 Å². The van der Waals surface area contributed by atoms with Crippen LogP contribution in [0.3, 0.4) is 0 Å². The predicted molar refractivity (Wildman–Crippen MR) is 65.8 cm³/mol. The minimum atomic E-state index is -0.290. The highest BCUT2D eigenvalue weighted by Crippen LogP contribution is 2.63. The lowest BCUT2D eigenvalue weighted by molar-refractivity contribution is 0.0590. The summed E-state index contributed by atoms with van der Waals surface area (Å²) < 4.78 is 6.57. The quantitative estimate of drug-likeness (QED) is 0.809. The molecule has 2 atom stereocenters. The lowest BCUT2D eigenvalue weighted by Crippen LogP contribution is -2.06. The van der Waals surface area contributed by atoms with E-state index in [0.717, 1.165) is 0 Å². The first-order valence-corrected chi connectivity index (χ1v) is 5.88.